The number of halogens is 2. The third-order valence-electron chi connectivity index (χ3n) is 4.16. The predicted molar refractivity (Wildman–Crippen MR) is 123 cm³/mol. The fourth-order valence-electron chi connectivity index (χ4n) is 2.59. The Bertz CT molecular complexity index is 1170. The van der Waals surface area contributed by atoms with E-state index in [0.29, 0.717) is 22.7 Å². The summed E-state index contributed by atoms with van der Waals surface area (Å²) >= 11 is 3.32. The van der Waals surface area contributed by atoms with E-state index in [4.69, 9.17) is 4.74 Å². The summed E-state index contributed by atoms with van der Waals surface area (Å²) < 4.78 is 19.2. The molecule has 0 aliphatic rings. The van der Waals surface area contributed by atoms with Crippen molar-refractivity contribution in [2.75, 3.05) is 17.2 Å². The Labute approximate surface area is 192 Å². The Hall–Kier alpha value is -3.96. The van der Waals surface area contributed by atoms with E-state index in [9.17, 15) is 19.2 Å². The third-order valence-corrected chi connectivity index (χ3v) is 4.68. The first-order valence-electron chi connectivity index (χ1n) is 9.40. The Balaban J connectivity index is 1.56. The van der Waals surface area contributed by atoms with Crippen LogP contribution in [0.1, 0.15) is 5.56 Å². The van der Waals surface area contributed by atoms with Crippen LogP contribution in [0.25, 0.3) is 6.08 Å². The molecule has 0 aliphatic carbocycles. The highest BCUT2D eigenvalue weighted by Crippen LogP contribution is 2.17. The molecule has 0 heterocycles. The summed E-state index contributed by atoms with van der Waals surface area (Å²) in [5.74, 6) is -0.863. The number of nitrogens with one attached hydrogen (secondary N) is 2. The van der Waals surface area contributed by atoms with Crippen molar-refractivity contribution >= 4 is 45.2 Å². The maximum absolute atomic E-state index is 12.9. The maximum Gasteiger partial charge on any atom is 0.266 e. The summed E-state index contributed by atoms with van der Waals surface area (Å²) in [4.78, 5) is 24.3. The summed E-state index contributed by atoms with van der Waals surface area (Å²) in [6.45, 7) is -0.231. The normalized spacial score (nSPS) is 10.7. The minimum absolute atomic E-state index is 0.0553. The van der Waals surface area contributed by atoms with E-state index < -0.39 is 17.6 Å². The zero-order chi connectivity index (χ0) is 22.9. The van der Waals surface area contributed by atoms with E-state index in [1.165, 1.54) is 30.3 Å². The molecule has 0 saturated heterocycles. The zero-order valence-electron chi connectivity index (χ0n) is 16.6. The largest absolute Gasteiger partial charge is 0.484 e. The minimum Gasteiger partial charge on any atom is -0.484 e. The van der Waals surface area contributed by atoms with Crippen LogP contribution in [-0.2, 0) is 9.59 Å². The molecule has 2 amide bonds. The number of rotatable bonds is 7. The smallest absolute Gasteiger partial charge is 0.266 e. The lowest BCUT2D eigenvalue weighted by atomic mass is 10.1. The van der Waals surface area contributed by atoms with Crippen molar-refractivity contribution in [3.63, 3.8) is 0 Å². The molecule has 0 bridgehead atoms. The number of carbonyl (C=O) groups is 2. The van der Waals surface area contributed by atoms with Gasteiger partial charge in [0.2, 0.25) is 0 Å². The maximum atomic E-state index is 12.9. The van der Waals surface area contributed by atoms with E-state index in [2.05, 4.69) is 26.6 Å². The molecule has 8 heteroatoms. The molecule has 2 N–H and O–H groups in total. The molecule has 32 heavy (non-hydrogen) atoms. The number of hydrogen-bond acceptors (Lipinski definition) is 4. The van der Waals surface area contributed by atoms with Crippen molar-refractivity contribution in [1.29, 1.82) is 5.26 Å². The average Bonchev–Trinajstić information content (AvgIpc) is 2.80. The lowest BCUT2D eigenvalue weighted by Crippen LogP contribution is -2.20. The molecule has 0 unspecified atom stereocenters. The summed E-state index contributed by atoms with van der Waals surface area (Å²) in [5.41, 5.74) is 1.60. The summed E-state index contributed by atoms with van der Waals surface area (Å²) in [6, 6.07) is 20.9. The number of hydrogen-bond donors (Lipinski definition) is 2. The van der Waals surface area contributed by atoms with Crippen LogP contribution in [0.4, 0.5) is 15.8 Å². The summed E-state index contributed by atoms with van der Waals surface area (Å²) in [5, 5.41) is 14.6. The quantitative estimate of drug-likeness (QED) is 0.351. The molecule has 3 aromatic carbocycles. The van der Waals surface area contributed by atoms with Gasteiger partial charge in [0, 0.05) is 15.8 Å². The van der Waals surface area contributed by atoms with Crippen LogP contribution in [0.3, 0.4) is 0 Å². The third kappa shape index (κ3) is 6.79. The van der Waals surface area contributed by atoms with E-state index in [1.54, 1.807) is 48.5 Å². The molecule has 160 valence electrons. The highest BCUT2D eigenvalue weighted by Gasteiger charge is 2.10. The lowest BCUT2D eigenvalue weighted by Gasteiger charge is -2.08. The van der Waals surface area contributed by atoms with Crippen LogP contribution in [0.5, 0.6) is 5.75 Å². The fourth-order valence-corrected chi connectivity index (χ4v) is 2.85. The van der Waals surface area contributed by atoms with Gasteiger partial charge >= 0.3 is 0 Å². The van der Waals surface area contributed by atoms with Gasteiger partial charge in [-0.15, -0.1) is 0 Å². The van der Waals surface area contributed by atoms with Crippen molar-refractivity contribution in [3.05, 3.63) is 94.2 Å². The van der Waals surface area contributed by atoms with E-state index in [1.807, 2.05) is 6.07 Å². The first-order valence-corrected chi connectivity index (χ1v) is 10.2. The van der Waals surface area contributed by atoms with Crippen molar-refractivity contribution in [2.45, 2.75) is 0 Å². The standard InChI is InChI=1S/C24H17BrFN3O3/c25-18-3-7-21(8-4-18)29-24(31)17(14-27)13-16-1-11-22(12-2-16)32-15-23(30)28-20-9-5-19(26)6-10-20/h1-13H,15H2,(H,28,30)(H,29,31)/b17-13+. The Morgan fingerprint density at radius 2 is 1.53 bits per heavy atom. The van der Waals surface area contributed by atoms with Gasteiger partial charge in [0.05, 0.1) is 0 Å². The molecule has 3 rings (SSSR count). The first kappa shape index (κ1) is 22.7. The number of amides is 2. The lowest BCUT2D eigenvalue weighted by molar-refractivity contribution is -0.118. The van der Waals surface area contributed by atoms with Crippen LogP contribution < -0.4 is 15.4 Å². The first-order chi connectivity index (χ1) is 15.4. The van der Waals surface area contributed by atoms with Gasteiger partial charge in [-0.1, -0.05) is 28.1 Å². The highest BCUT2D eigenvalue weighted by atomic mass is 79.9. The predicted octanol–water partition coefficient (Wildman–Crippen LogP) is 5.15. The van der Waals surface area contributed by atoms with Gasteiger partial charge in [0.15, 0.2) is 6.61 Å². The fraction of sp³-hybridized carbons (Fsp3) is 0.0417. The topological polar surface area (TPSA) is 91.2 Å². The van der Waals surface area contributed by atoms with Gasteiger partial charge in [0.1, 0.15) is 23.2 Å². The Morgan fingerprint density at radius 3 is 2.16 bits per heavy atom. The Morgan fingerprint density at radius 1 is 0.938 bits per heavy atom. The van der Waals surface area contributed by atoms with Gasteiger partial charge in [-0.25, -0.2) is 4.39 Å². The molecule has 0 saturated carbocycles. The second-order valence-electron chi connectivity index (χ2n) is 6.54. The monoisotopic (exact) mass is 493 g/mol. The molecule has 0 aliphatic heterocycles. The molecule has 0 spiro atoms. The van der Waals surface area contributed by atoms with Crippen molar-refractivity contribution < 1.29 is 18.7 Å². The van der Waals surface area contributed by atoms with Crippen molar-refractivity contribution in [1.82, 2.24) is 0 Å². The van der Waals surface area contributed by atoms with Gasteiger partial charge in [-0.2, -0.15) is 5.26 Å². The van der Waals surface area contributed by atoms with E-state index >= 15 is 0 Å². The van der Waals surface area contributed by atoms with Crippen LogP contribution in [0, 0.1) is 17.1 Å². The number of anilines is 2. The van der Waals surface area contributed by atoms with Gasteiger partial charge in [-0.3, -0.25) is 9.59 Å². The molecule has 3 aromatic rings. The molecule has 6 nitrogen and oxygen atoms in total. The van der Waals surface area contributed by atoms with E-state index in [-0.39, 0.29) is 12.2 Å². The van der Waals surface area contributed by atoms with Crippen LogP contribution in [0.15, 0.2) is 82.8 Å². The van der Waals surface area contributed by atoms with Crippen LogP contribution in [0.2, 0.25) is 0 Å². The molecule has 0 atom stereocenters. The highest BCUT2D eigenvalue weighted by molar-refractivity contribution is 9.10. The van der Waals surface area contributed by atoms with Crippen LogP contribution >= 0.6 is 15.9 Å². The number of ether oxygens (including phenoxy) is 1. The van der Waals surface area contributed by atoms with Gasteiger partial charge < -0.3 is 15.4 Å². The number of benzene rings is 3. The van der Waals surface area contributed by atoms with Gasteiger partial charge in [0.25, 0.3) is 11.8 Å². The average molecular weight is 494 g/mol. The second-order valence-corrected chi connectivity index (χ2v) is 7.46. The summed E-state index contributed by atoms with van der Waals surface area (Å²) in [7, 11) is 0. The van der Waals surface area contributed by atoms with Crippen molar-refractivity contribution in [3.8, 4) is 11.8 Å². The molecule has 0 radical (unpaired) electrons. The molecule has 0 fully saturated rings. The Kier molecular flexibility index (Phi) is 7.73. The van der Waals surface area contributed by atoms with Crippen molar-refractivity contribution in [2.24, 2.45) is 0 Å². The molecular formula is C24H17BrFN3O3. The summed E-state index contributed by atoms with van der Waals surface area (Å²) in [6.07, 6.45) is 1.46. The minimum atomic E-state index is -0.521. The SMILES string of the molecule is N#C/C(=C\c1ccc(OCC(=O)Nc2ccc(F)cc2)cc1)C(=O)Nc1ccc(Br)cc1. The number of nitriles is 1. The number of nitrogens with zero attached hydrogens (tertiary/aromatic N) is 1. The molecule has 0 aromatic heterocycles. The second kappa shape index (κ2) is 10.9. The van der Waals surface area contributed by atoms with Gasteiger partial charge in [-0.05, 0) is 72.3 Å². The molecular weight excluding hydrogens is 477 g/mol. The van der Waals surface area contributed by atoms with Crippen LogP contribution in [-0.4, -0.2) is 18.4 Å². The van der Waals surface area contributed by atoms with E-state index in [0.717, 1.165) is 4.47 Å². The zero-order valence-corrected chi connectivity index (χ0v) is 18.2. The number of carbonyl (C=O) groups excluding carboxylic acids is 2.